The summed E-state index contributed by atoms with van der Waals surface area (Å²) in [7, 11) is -2.04. The van der Waals surface area contributed by atoms with Gasteiger partial charge in [-0.05, 0) is 69.0 Å². The van der Waals surface area contributed by atoms with Crippen molar-refractivity contribution in [1.29, 1.82) is 0 Å². The van der Waals surface area contributed by atoms with Crippen molar-refractivity contribution in [2.24, 2.45) is 0 Å². The molecule has 250 valence electrons. The number of hydrogen-bond donors (Lipinski definition) is 1. The maximum absolute atomic E-state index is 14.2. The predicted molar refractivity (Wildman–Crippen MR) is 183 cm³/mol. The van der Waals surface area contributed by atoms with Gasteiger partial charge < -0.3 is 19.1 Å². The van der Waals surface area contributed by atoms with Gasteiger partial charge in [0.25, 0.3) is 11.8 Å². The molecule has 1 aromatic heterocycles. The number of morpholine rings is 1. The van der Waals surface area contributed by atoms with Gasteiger partial charge in [-0.3, -0.25) is 9.59 Å². The van der Waals surface area contributed by atoms with E-state index < -0.39 is 16.1 Å². The Balaban J connectivity index is 1.32. The molecule has 2 saturated heterocycles. The number of carbonyl (C=O) groups excluding carboxylic acids is 2. The molecule has 0 spiro atoms. The molecule has 47 heavy (non-hydrogen) atoms. The van der Waals surface area contributed by atoms with Gasteiger partial charge in [-0.2, -0.15) is 12.7 Å². The molecule has 1 saturated carbocycles. The first-order valence-corrected chi connectivity index (χ1v) is 18.4. The third-order valence-electron chi connectivity index (χ3n) is 10.3. The number of carbonyl (C=O) groups is 2. The van der Waals surface area contributed by atoms with Crippen LogP contribution in [0, 0.1) is 0 Å². The van der Waals surface area contributed by atoms with Crippen molar-refractivity contribution in [2.75, 3.05) is 46.3 Å². The minimum Gasteiger partial charge on any atom is -0.372 e. The number of aromatic nitrogens is 1. The fourth-order valence-electron chi connectivity index (χ4n) is 7.96. The molecule has 2 aromatic carbocycles. The Morgan fingerprint density at radius 2 is 1.62 bits per heavy atom. The molecule has 0 radical (unpaired) electrons. The van der Waals surface area contributed by atoms with Gasteiger partial charge in [0.2, 0.25) is 0 Å². The van der Waals surface area contributed by atoms with Crippen LogP contribution < -0.4 is 4.72 Å². The number of rotatable bonds is 5. The Labute approximate surface area is 277 Å². The molecule has 7 rings (SSSR count). The van der Waals surface area contributed by atoms with Gasteiger partial charge >= 0.3 is 10.2 Å². The Morgan fingerprint density at radius 1 is 0.915 bits per heavy atom. The summed E-state index contributed by atoms with van der Waals surface area (Å²) in [6.45, 7) is 7.28. The molecule has 0 unspecified atom stereocenters. The molecule has 2 atom stereocenters. The Kier molecular flexibility index (Phi) is 8.75. The van der Waals surface area contributed by atoms with E-state index in [-0.39, 0.29) is 23.7 Å². The van der Waals surface area contributed by atoms with Crippen LogP contribution in [0.5, 0.6) is 0 Å². The predicted octanol–water partition coefficient (Wildman–Crippen LogP) is 4.61. The van der Waals surface area contributed by atoms with E-state index >= 15 is 0 Å². The van der Waals surface area contributed by atoms with Gasteiger partial charge in [-0.1, -0.05) is 49.6 Å². The number of hydrogen-bond acceptors (Lipinski definition) is 6. The van der Waals surface area contributed by atoms with Crippen LogP contribution >= 0.6 is 0 Å². The lowest BCUT2D eigenvalue weighted by Crippen LogP contribution is -2.52. The maximum atomic E-state index is 14.2. The number of ether oxygens (including phenoxy) is 1. The summed E-state index contributed by atoms with van der Waals surface area (Å²) in [4.78, 5) is 31.7. The average Bonchev–Trinajstić information content (AvgIpc) is 3.26. The van der Waals surface area contributed by atoms with Gasteiger partial charge in [-0.25, -0.2) is 4.72 Å². The lowest BCUT2D eigenvalue weighted by Gasteiger charge is -2.35. The highest BCUT2D eigenvalue weighted by molar-refractivity contribution is 7.87. The molecule has 3 fully saturated rings. The number of amides is 2. The first-order chi connectivity index (χ1) is 22.6. The zero-order valence-electron chi connectivity index (χ0n) is 27.6. The van der Waals surface area contributed by atoms with E-state index in [0.717, 1.165) is 40.6 Å². The number of piperazine rings is 1. The molecule has 2 amide bonds. The SMILES string of the molecule is C[C@@H]1CN(C(=O)C2=Cc3ccccc3-c3c(C4CCCCC4)c4ccc(C(=O)NS(=O)(=O)N5CCN(C)CC5)cc4n3C2)C[C@H](C)O1. The second-order valence-corrected chi connectivity index (χ2v) is 15.4. The molecular formula is C36H45N5O5S. The average molecular weight is 660 g/mol. The van der Waals surface area contributed by atoms with E-state index in [0.29, 0.717) is 57.3 Å². The van der Waals surface area contributed by atoms with Gasteiger partial charge in [0, 0.05) is 66.9 Å². The van der Waals surface area contributed by atoms with Crippen LogP contribution in [0.15, 0.2) is 48.0 Å². The lowest BCUT2D eigenvalue weighted by atomic mass is 9.81. The topological polar surface area (TPSA) is 104 Å². The Morgan fingerprint density at radius 3 is 2.34 bits per heavy atom. The van der Waals surface area contributed by atoms with Crippen LogP contribution in [0.2, 0.25) is 0 Å². The quantitative estimate of drug-likeness (QED) is 0.429. The van der Waals surface area contributed by atoms with Crippen LogP contribution in [0.3, 0.4) is 0 Å². The first-order valence-electron chi connectivity index (χ1n) is 17.0. The van der Waals surface area contributed by atoms with E-state index in [1.165, 1.54) is 29.1 Å². The number of fused-ring (bicyclic) bond motifs is 5. The standard InChI is InChI=1S/C36H45N5O5S/c1-24-21-39(22-25(2)46-24)36(43)29-19-27-11-7-8-12-30(27)34-33(26-9-5-4-6-10-26)31-14-13-28(20-32(31)41(34)23-29)35(42)37-47(44,45)40-17-15-38(3)16-18-40/h7-8,11-14,19-20,24-26H,4-6,9-10,15-18,21-23H2,1-3H3,(H,37,42)/t24-,25+. The van der Waals surface area contributed by atoms with Crippen LogP contribution in [-0.2, 0) is 26.3 Å². The molecule has 3 aliphatic heterocycles. The Hall–Kier alpha value is -3.51. The van der Waals surface area contributed by atoms with Gasteiger partial charge in [0.05, 0.1) is 24.4 Å². The third kappa shape index (κ3) is 6.26. The summed E-state index contributed by atoms with van der Waals surface area (Å²) >= 11 is 0. The number of likely N-dealkylation sites (N-methyl/N-ethyl adjacent to an activating group) is 1. The lowest BCUT2D eigenvalue weighted by molar-refractivity contribution is -0.139. The zero-order chi connectivity index (χ0) is 32.9. The molecule has 4 heterocycles. The molecule has 4 aliphatic rings. The van der Waals surface area contributed by atoms with E-state index in [1.807, 2.05) is 56.1 Å². The molecular weight excluding hydrogens is 614 g/mol. The van der Waals surface area contributed by atoms with Crippen molar-refractivity contribution >= 4 is 39.0 Å². The maximum Gasteiger partial charge on any atom is 0.304 e. The Bertz CT molecular complexity index is 1830. The summed E-state index contributed by atoms with van der Waals surface area (Å²) in [5.74, 6) is -0.313. The normalized spacial score (nSPS) is 23.1. The molecule has 11 heteroatoms. The van der Waals surface area contributed by atoms with E-state index in [2.05, 4.69) is 26.3 Å². The van der Waals surface area contributed by atoms with Gasteiger partial charge in [-0.15, -0.1) is 0 Å². The molecule has 1 aliphatic carbocycles. The van der Waals surface area contributed by atoms with Gasteiger partial charge in [0.15, 0.2) is 0 Å². The van der Waals surface area contributed by atoms with Crippen molar-refractivity contribution in [1.82, 2.24) is 23.4 Å². The van der Waals surface area contributed by atoms with E-state index in [1.54, 1.807) is 6.07 Å². The van der Waals surface area contributed by atoms with Crippen LogP contribution in [0.4, 0.5) is 0 Å². The summed E-state index contributed by atoms with van der Waals surface area (Å²) in [6.07, 6.45) is 7.66. The van der Waals surface area contributed by atoms with Crippen molar-refractivity contribution in [2.45, 2.75) is 70.6 Å². The smallest absolute Gasteiger partial charge is 0.304 e. The fourth-order valence-corrected chi connectivity index (χ4v) is 9.09. The summed E-state index contributed by atoms with van der Waals surface area (Å²) in [5.41, 5.74) is 6.21. The second-order valence-electron chi connectivity index (χ2n) is 13.8. The number of nitrogens with one attached hydrogen (secondary N) is 1. The van der Waals surface area contributed by atoms with Crippen molar-refractivity contribution < 1.29 is 22.7 Å². The highest BCUT2D eigenvalue weighted by atomic mass is 32.2. The minimum atomic E-state index is -3.99. The van der Waals surface area contributed by atoms with Gasteiger partial charge in [0.1, 0.15) is 0 Å². The van der Waals surface area contributed by atoms with E-state index in [9.17, 15) is 18.0 Å². The van der Waals surface area contributed by atoms with E-state index in [4.69, 9.17) is 4.74 Å². The highest BCUT2D eigenvalue weighted by Gasteiger charge is 2.34. The van der Waals surface area contributed by atoms with Crippen molar-refractivity contribution in [3.63, 3.8) is 0 Å². The highest BCUT2D eigenvalue weighted by Crippen LogP contribution is 2.46. The second kappa shape index (κ2) is 12.8. The van der Waals surface area contributed by atoms with Crippen LogP contribution in [0.25, 0.3) is 28.2 Å². The zero-order valence-corrected chi connectivity index (χ0v) is 28.4. The molecule has 10 nitrogen and oxygen atoms in total. The minimum absolute atomic E-state index is 0.0112. The first kappa shape index (κ1) is 32.1. The molecule has 0 bridgehead atoms. The van der Waals surface area contributed by atoms with Crippen LogP contribution in [-0.4, -0.2) is 97.4 Å². The number of benzene rings is 2. The number of nitrogens with zero attached hydrogens (tertiary/aromatic N) is 4. The monoisotopic (exact) mass is 659 g/mol. The molecule has 1 N–H and O–H groups in total. The summed E-state index contributed by atoms with van der Waals surface area (Å²) < 4.78 is 38.2. The summed E-state index contributed by atoms with van der Waals surface area (Å²) in [6, 6.07) is 13.8. The van der Waals surface area contributed by atoms with Crippen molar-refractivity contribution in [3.05, 3.63) is 64.7 Å². The third-order valence-corrected chi connectivity index (χ3v) is 11.7. The summed E-state index contributed by atoms with van der Waals surface area (Å²) in [5, 5.41) is 1.06. The fraction of sp³-hybridized carbons (Fsp3) is 0.500. The van der Waals surface area contributed by atoms with Crippen molar-refractivity contribution in [3.8, 4) is 11.3 Å². The van der Waals surface area contributed by atoms with Crippen LogP contribution in [0.1, 0.15) is 73.4 Å². The molecule has 3 aromatic rings. The largest absolute Gasteiger partial charge is 0.372 e.